The molecule has 2 heterocycles. The second kappa shape index (κ2) is 9.28. The molecule has 3 rings (SSSR count). The van der Waals surface area contributed by atoms with Crippen LogP contribution in [0, 0.1) is 5.41 Å². The van der Waals surface area contributed by atoms with Crippen molar-refractivity contribution >= 4 is 17.8 Å². The first-order chi connectivity index (χ1) is 14.6. The van der Waals surface area contributed by atoms with E-state index in [1.165, 1.54) is 0 Å². The summed E-state index contributed by atoms with van der Waals surface area (Å²) in [6.07, 6.45) is 2.44. The van der Waals surface area contributed by atoms with Crippen LogP contribution in [0.15, 0.2) is 24.3 Å². The molecule has 2 aliphatic rings. The molecule has 2 saturated heterocycles. The van der Waals surface area contributed by atoms with E-state index in [1.807, 2.05) is 36.1 Å². The van der Waals surface area contributed by atoms with Crippen molar-refractivity contribution in [1.82, 2.24) is 9.80 Å². The fraction of sp³-hybridized carbons (Fsp3) is 0.625. The van der Waals surface area contributed by atoms with Gasteiger partial charge in [0.1, 0.15) is 17.8 Å². The van der Waals surface area contributed by atoms with Crippen molar-refractivity contribution in [1.29, 1.82) is 0 Å². The van der Waals surface area contributed by atoms with Gasteiger partial charge in [-0.2, -0.15) is 0 Å². The van der Waals surface area contributed by atoms with Gasteiger partial charge in [-0.1, -0.05) is 0 Å². The SMILES string of the molecule is CCOc1ccc(C(=O)N2CCC3(CCN(C(=O)CC(=O)OC(C)(C)C)C3)CC2)cc1. The van der Waals surface area contributed by atoms with Gasteiger partial charge in [0, 0.05) is 31.7 Å². The molecule has 2 aliphatic heterocycles. The summed E-state index contributed by atoms with van der Waals surface area (Å²) in [6.45, 7) is 10.6. The second-order valence-corrected chi connectivity index (χ2v) is 9.58. The maximum atomic E-state index is 12.8. The summed E-state index contributed by atoms with van der Waals surface area (Å²) in [5, 5.41) is 0. The van der Waals surface area contributed by atoms with Crippen molar-refractivity contribution in [2.75, 3.05) is 32.8 Å². The highest BCUT2D eigenvalue weighted by molar-refractivity contribution is 5.95. The number of esters is 1. The molecule has 2 amide bonds. The van der Waals surface area contributed by atoms with Crippen molar-refractivity contribution in [3.8, 4) is 5.75 Å². The fourth-order valence-corrected chi connectivity index (χ4v) is 4.40. The quantitative estimate of drug-likeness (QED) is 0.529. The Bertz CT molecular complexity index is 804. The van der Waals surface area contributed by atoms with Crippen LogP contribution in [0.4, 0.5) is 0 Å². The Morgan fingerprint density at radius 3 is 2.10 bits per heavy atom. The standard InChI is InChI=1S/C24H34N2O5/c1-5-30-19-8-6-18(7-9-19)22(29)25-13-10-24(11-14-25)12-15-26(17-24)20(27)16-21(28)31-23(2,3)4/h6-9H,5,10-17H2,1-4H3. The summed E-state index contributed by atoms with van der Waals surface area (Å²) in [4.78, 5) is 41.1. The van der Waals surface area contributed by atoms with E-state index in [2.05, 4.69) is 0 Å². The largest absolute Gasteiger partial charge is 0.494 e. The normalized spacial score (nSPS) is 18.2. The van der Waals surface area contributed by atoms with Gasteiger partial charge in [0.25, 0.3) is 5.91 Å². The van der Waals surface area contributed by atoms with Gasteiger partial charge in [0.2, 0.25) is 5.91 Å². The third-order valence-corrected chi connectivity index (χ3v) is 6.03. The van der Waals surface area contributed by atoms with E-state index < -0.39 is 11.6 Å². The molecule has 0 atom stereocenters. The molecule has 2 fully saturated rings. The molecule has 0 aliphatic carbocycles. The van der Waals surface area contributed by atoms with E-state index in [1.54, 1.807) is 25.7 Å². The summed E-state index contributed by atoms with van der Waals surface area (Å²) in [7, 11) is 0. The number of hydrogen-bond donors (Lipinski definition) is 0. The molecule has 0 aromatic heterocycles. The Morgan fingerprint density at radius 1 is 0.968 bits per heavy atom. The number of ether oxygens (including phenoxy) is 2. The van der Waals surface area contributed by atoms with Gasteiger partial charge in [-0.25, -0.2) is 0 Å². The minimum atomic E-state index is -0.591. The maximum absolute atomic E-state index is 12.8. The van der Waals surface area contributed by atoms with Gasteiger partial charge in [-0.15, -0.1) is 0 Å². The zero-order valence-electron chi connectivity index (χ0n) is 19.1. The minimum absolute atomic E-state index is 0.0359. The second-order valence-electron chi connectivity index (χ2n) is 9.58. The third-order valence-electron chi connectivity index (χ3n) is 6.03. The lowest BCUT2D eigenvalue weighted by Gasteiger charge is -2.39. The predicted molar refractivity (Wildman–Crippen MR) is 117 cm³/mol. The summed E-state index contributed by atoms with van der Waals surface area (Å²) in [5.41, 5.74) is 0.117. The van der Waals surface area contributed by atoms with E-state index in [0.29, 0.717) is 38.3 Å². The molecule has 0 unspecified atom stereocenters. The number of nitrogens with zero attached hydrogens (tertiary/aromatic N) is 2. The first-order valence-electron chi connectivity index (χ1n) is 11.1. The summed E-state index contributed by atoms with van der Waals surface area (Å²) in [6, 6.07) is 7.27. The molecular weight excluding hydrogens is 396 g/mol. The summed E-state index contributed by atoms with van der Waals surface area (Å²) >= 11 is 0. The molecule has 31 heavy (non-hydrogen) atoms. The molecule has 1 aromatic carbocycles. The van der Waals surface area contributed by atoms with Gasteiger partial charge in [0.15, 0.2) is 0 Å². The Kier molecular flexibility index (Phi) is 6.92. The van der Waals surface area contributed by atoms with Gasteiger partial charge < -0.3 is 19.3 Å². The van der Waals surface area contributed by atoms with Crippen molar-refractivity contribution in [2.45, 2.75) is 59.0 Å². The van der Waals surface area contributed by atoms with Gasteiger partial charge in [-0.3, -0.25) is 14.4 Å². The average molecular weight is 431 g/mol. The topological polar surface area (TPSA) is 76.2 Å². The van der Waals surface area contributed by atoms with Crippen LogP contribution in [-0.4, -0.2) is 66.0 Å². The molecule has 7 nitrogen and oxygen atoms in total. The van der Waals surface area contributed by atoms with Crippen LogP contribution >= 0.6 is 0 Å². The average Bonchev–Trinajstić information content (AvgIpc) is 3.11. The zero-order valence-corrected chi connectivity index (χ0v) is 19.1. The first-order valence-corrected chi connectivity index (χ1v) is 11.1. The van der Waals surface area contributed by atoms with E-state index in [9.17, 15) is 14.4 Å². The van der Waals surface area contributed by atoms with Crippen LogP contribution in [-0.2, 0) is 14.3 Å². The Morgan fingerprint density at radius 2 is 1.55 bits per heavy atom. The van der Waals surface area contributed by atoms with E-state index in [-0.39, 0.29) is 23.7 Å². The number of benzene rings is 1. The van der Waals surface area contributed by atoms with Crippen LogP contribution in [0.2, 0.25) is 0 Å². The molecule has 0 bridgehead atoms. The van der Waals surface area contributed by atoms with Gasteiger partial charge in [-0.05, 0) is 76.6 Å². The molecule has 0 radical (unpaired) electrons. The monoisotopic (exact) mass is 430 g/mol. The van der Waals surface area contributed by atoms with Crippen molar-refractivity contribution in [3.05, 3.63) is 29.8 Å². The number of carbonyl (C=O) groups excluding carboxylic acids is 3. The molecule has 0 N–H and O–H groups in total. The van der Waals surface area contributed by atoms with Crippen molar-refractivity contribution in [3.63, 3.8) is 0 Å². The third kappa shape index (κ3) is 5.99. The number of amides is 2. The Balaban J connectivity index is 1.50. The zero-order chi connectivity index (χ0) is 22.6. The lowest BCUT2D eigenvalue weighted by Crippen LogP contribution is -2.44. The molecule has 1 aromatic rings. The van der Waals surface area contributed by atoms with E-state index in [4.69, 9.17) is 9.47 Å². The number of piperidine rings is 1. The smallest absolute Gasteiger partial charge is 0.315 e. The predicted octanol–water partition coefficient (Wildman–Crippen LogP) is 3.27. The molecule has 1 spiro atoms. The first kappa shape index (κ1) is 23.1. The highest BCUT2D eigenvalue weighted by Crippen LogP contribution is 2.40. The highest BCUT2D eigenvalue weighted by atomic mass is 16.6. The van der Waals surface area contributed by atoms with Gasteiger partial charge in [0.05, 0.1) is 6.61 Å². The number of hydrogen-bond acceptors (Lipinski definition) is 5. The van der Waals surface area contributed by atoms with Crippen molar-refractivity contribution < 1.29 is 23.9 Å². The molecular formula is C24H34N2O5. The number of rotatable bonds is 5. The van der Waals surface area contributed by atoms with Crippen LogP contribution in [0.3, 0.4) is 0 Å². The van der Waals surface area contributed by atoms with Gasteiger partial charge >= 0.3 is 5.97 Å². The minimum Gasteiger partial charge on any atom is -0.494 e. The number of likely N-dealkylation sites (tertiary alicyclic amines) is 2. The molecule has 7 heteroatoms. The Hall–Kier alpha value is -2.57. The lowest BCUT2D eigenvalue weighted by atomic mass is 9.77. The van der Waals surface area contributed by atoms with Crippen LogP contribution in [0.1, 0.15) is 63.7 Å². The maximum Gasteiger partial charge on any atom is 0.315 e. The molecule has 0 saturated carbocycles. The molecule has 170 valence electrons. The van der Waals surface area contributed by atoms with Crippen LogP contribution in [0.5, 0.6) is 5.75 Å². The Labute approximate surface area is 184 Å². The van der Waals surface area contributed by atoms with E-state index in [0.717, 1.165) is 25.0 Å². The van der Waals surface area contributed by atoms with E-state index >= 15 is 0 Å². The summed E-state index contributed by atoms with van der Waals surface area (Å²) in [5.74, 6) is 0.153. The van der Waals surface area contributed by atoms with Crippen molar-refractivity contribution in [2.24, 2.45) is 5.41 Å². The fourth-order valence-electron chi connectivity index (χ4n) is 4.40. The highest BCUT2D eigenvalue weighted by Gasteiger charge is 2.43. The number of carbonyl (C=O) groups is 3. The lowest BCUT2D eigenvalue weighted by molar-refractivity contribution is -0.158. The van der Waals surface area contributed by atoms with Crippen LogP contribution in [0.25, 0.3) is 0 Å². The summed E-state index contributed by atoms with van der Waals surface area (Å²) < 4.78 is 10.7. The van der Waals surface area contributed by atoms with Crippen LogP contribution < -0.4 is 4.74 Å².